The fourth-order valence-corrected chi connectivity index (χ4v) is 2.77. The van der Waals surface area contributed by atoms with Crippen molar-refractivity contribution in [2.45, 2.75) is 37.2 Å². The summed E-state index contributed by atoms with van der Waals surface area (Å²) in [6.07, 6.45) is 3.83. The summed E-state index contributed by atoms with van der Waals surface area (Å²) >= 11 is 1.82. The molecule has 1 aromatic carbocycles. The second-order valence-electron chi connectivity index (χ2n) is 4.26. The zero-order valence-corrected chi connectivity index (χ0v) is 10.0. The maximum Gasteiger partial charge on any atom is 0.0547 e. The molecule has 1 aliphatic carbocycles. The number of fused-ring (bicyclic) bond motifs is 1. The molecule has 1 nitrogen and oxygen atoms in total. The second-order valence-corrected chi connectivity index (χ2v) is 5.69. The van der Waals surface area contributed by atoms with E-state index in [2.05, 4.69) is 25.1 Å². The maximum absolute atomic E-state index is 8.95. The standard InChI is InChI=1S/C13H18OS/c1-10(8-14)15-9-11-5-6-12-3-2-4-13(12)7-11/h5-7,10,14H,2-4,8-9H2,1H3. The van der Waals surface area contributed by atoms with Gasteiger partial charge in [0.25, 0.3) is 0 Å². The van der Waals surface area contributed by atoms with E-state index in [0.29, 0.717) is 5.25 Å². The lowest BCUT2D eigenvalue weighted by molar-refractivity contribution is 0.300. The van der Waals surface area contributed by atoms with Gasteiger partial charge >= 0.3 is 0 Å². The van der Waals surface area contributed by atoms with Crippen molar-refractivity contribution < 1.29 is 5.11 Å². The van der Waals surface area contributed by atoms with Crippen LogP contribution in [0.3, 0.4) is 0 Å². The van der Waals surface area contributed by atoms with Crippen LogP contribution in [0.4, 0.5) is 0 Å². The summed E-state index contributed by atoms with van der Waals surface area (Å²) in [5.41, 5.74) is 4.49. The van der Waals surface area contributed by atoms with E-state index >= 15 is 0 Å². The summed E-state index contributed by atoms with van der Waals surface area (Å²) < 4.78 is 0. The molecule has 0 bridgehead atoms. The topological polar surface area (TPSA) is 20.2 Å². The van der Waals surface area contributed by atoms with Crippen molar-refractivity contribution in [3.8, 4) is 0 Å². The van der Waals surface area contributed by atoms with Crippen LogP contribution in [0, 0.1) is 0 Å². The number of hydrogen-bond donors (Lipinski definition) is 1. The highest BCUT2D eigenvalue weighted by atomic mass is 32.2. The summed E-state index contributed by atoms with van der Waals surface area (Å²) in [5.74, 6) is 1.02. The van der Waals surface area contributed by atoms with Crippen LogP contribution in [0.1, 0.15) is 30.0 Å². The molecule has 82 valence electrons. The highest BCUT2D eigenvalue weighted by molar-refractivity contribution is 7.99. The van der Waals surface area contributed by atoms with Crippen molar-refractivity contribution in [1.29, 1.82) is 0 Å². The van der Waals surface area contributed by atoms with E-state index in [1.807, 2.05) is 11.8 Å². The number of aliphatic hydroxyl groups excluding tert-OH is 1. The van der Waals surface area contributed by atoms with Gasteiger partial charge in [-0.25, -0.2) is 0 Å². The Kier molecular flexibility index (Phi) is 3.71. The predicted octanol–water partition coefficient (Wildman–Crippen LogP) is 2.79. The molecular weight excluding hydrogens is 204 g/mol. The molecule has 0 aromatic heterocycles. The van der Waals surface area contributed by atoms with Gasteiger partial charge in [0.15, 0.2) is 0 Å². The molecule has 0 aliphatic heterocycles. The summed E-state index contributed by atoms with van der Waals surface area (Å²) in [7, 11) is 0. The van der Waals surface area contributed by atoms with Crippen molar-refractivity contribution in [3.05, 3.63) is 34.9 Å². The van der Waals surface area contributed by atoms with E-state index in [1.54, 1.807) is 11.1 Å². The van der Waals surface area contributed by atoms with Crippen LogP contribution in [-0.4, -0.2) is 17.0 Å². The van der Waals surface area contributed by atoms with E-state index in [9.17, 15) is 0 Å². The first kappa shape index (κ1) is 11.0. The zero-order valence-electron chi connectivity index (χ0n) is 9.20. The highest BCUT2D eigenvalue weighted by Gasteiger charge is 2.11. The number of aliphatic hydroxyl groups is 1. The molecule has 0 saturated carbocycles. The van der Waals surface area contributed by atoms with Gasteiger partial charge in [-0.3, -0.25) is 0 Å². The summed E-state index contributed by atoms with van der Waals surface area (Å²) in [4.78, 5) is 0. The number of rotatable bonds is 4. The normalized spacial score (nSPS) is 16.4. The monoisotopic (exact) mass is 222 g/mol. The average molecular weight is 222 g/mol. The van der Waals surface area contributed by atoms with Crippen LogP contribution in [0.15, 0.2) is 18.2 Å². The van der Waals surface area contributed by atoms with Gasteiger partial charge in [-0.1, -0.05) is 25.1 Å². The van der Waals surface area contributed by atoms with Gasteiger partial charge in [-0.05, 0) is 36.0 Å². The Balaban J connectivity index is 1.98. The minimum Gasteiger partial charge on any atom is -0.395 e. The Hall–Kier alpha value is -0.470. The fourth-order valence-electron chi connectivity index (χ4n) is 2.01. The third kappa shape index (κ3) is 2.76. The molecule has 0 saturated heterocycles. The zero-order chi connectivity index (χ0) is 10.7. The van der Waals surface area contributed by atoms with Crippen molar-refractivity contribution in [1.82, 2.24) is 0 Å². The van der Waals surface area contributed by atoms with E-state index in [-0.39, 0.29) is 6.61 Å². The van der Waals surface area contributed by atoms with Gasteiger partial charge in [-0.15, -0.1) is 0 Å². The van der Waals surface area contributed by atoms with Crippen LogP contribution in [0.25, 0.3) is 0 Å². The molecule has 0 heterocycles. The Morgan fingerprint density at radius 2 is 2.13 bits per heavy atom. The van der Waals surface area contributed by atoms with Crippen LogP contribution < -0.4 is 0 Å². The summed E-state index contributed by atoms with van der Waals surface area (Å²) in [6.45, 7) is 2.34. The lowest BCUT2D eigenvalue weighted by Gasteiger charge is -2.08. The first-order valence-corrected chi connectivity index (χ1v) is 6.67. The quantitative estimate of drug-likeness (QED) is 0.845. The largest absolute Gasteiger partial charge is 0.395 e. The summed E-state index contributed by atoms with van der Waals surface area (Å²) in [6, 6.07) is 6.86. The van der Waals surface area contributed by atoms with Crippen molar-refractivity contribution in [3.63, 3.8) is 0 Å². The van der Waals surface area contributed by atoms with E-state index in [0.717, 1.165) is 5.75 Å². The van der Waals surface area contributed by atoms with Crippen LogP contribution in [0.5, 0.6) is 0 Å². The first-order chi connectivity index (χ1) is 7.29. The van der Waals surface area contributed by atoms with Crippen LogP contribution >= 0.6 is 11.8 Å². The molecular formula is C13H18OS. The molecule has 1 aliphatic rings. The lowest BCUT2D eigenvalue weighted by Crippen LogP contribution is -2.02. The first-order valence-electron chi connectivity index (χ1n) is 5.62. The molecule has 0 radical (unpaired) electrons. The molecule has 1 unspecified atom stereocenters. The highest BCUT2D eigenvalue weighted by Crippen LogP contribution is 2.25. The molecule has 0 amide bonds. The lowest BCUT2D eigenvalue weighted by atomic mass is 10.1. The van der Waals surface area contributed by atoms with Crippen molar-refractivity contribution in [2.75, 3.05) is 6.61 Å². The van der Waals surface area contributed by atoms with E-state index in [4.69, 9.17) is 5.11 Å². The van der Waals surface area contributed by atoms with E-state index in [1.165, 1.54) is 24.8 Å². The third-order valence-corrected chi connectivity index (χ3v) is 4.17. The van der Waals surface area contributed by atoms with Crippen LogP contribution in [0.2, 0.25) is 0 Å². The maximum atomic E-state index is 8.95. The molecule has 2 heteroatoms. The number of thioether (sulfide) groups is 1. The molecule has 1 aromatic rings. The Bertz CT molecular complexity index is 335. The minimum atomic E-state index is 0.273. The average Bonchev–Trinajstić information content (AvgIpc) is 2.72. The van der Waals surface area contributed by atoms with Crippen molar-refractivity contribution >= 4 is 11.8 Å². The minimum absolute atomic E-state index is 0.273. The Morgan fingerprint density at radius 3 is 2.93 bits per heavy atom. The molecule has 1 atom stereocenters. The van der Waals surface area contributed by atoms with Gasteiger partial charge in [0, 0.05) is 11.0 Å². The van der Waals surface area contributed by atoms with Crippen molar-refractivity contribution in [2.24, 2.45) is 0 Å². The molecule has 2 rings (SSSR count). The van der Waals surface area contributed by atoms with Gasteiger partial charge < -0.3 is 5.11 Å². The second kappa shape index (κ2) is 5.04. The Morgan fingerprint density at radius 1 is 1.33 bits per heavy atom. The number of benzene rings is 1. The third-order valence-electron chi connectivity index (χ3n) is 2.95. The fraction of sp³-hybridized carbons (Fsp3) is 0.538. The van der Waals surface area contributed by atoms with Gasteiger partial charge in [0.2, 0.25) is 0 Å². The predicted molar refractivity (Wildman–Crippen MR) is 66.3 cm³/mol. The SMILES string of the molecule is CC(CO)SCc1ccc2c(c1)CCC2. The van der Waals surface area contributed by atoms with E-state index < -0.39 is 0 Å². The number of aryl methyl sites for hydroxylation is 2. The van der Waals surface area contributed by atoms with Gasteiger partial charge in [-0.2, -0.15) is 11.8 Å². The smallest absolute Gasteiger partial charge is 0.0547 e. The van der Waals surface area contributed by atoms with Gasteiger partial charge in [0.1, 0.15) is 0 Å². The molecule has 15 heavy (non-hydrogen) atoms. The van der Waals surface area contributed by atoms with Gasteiger partial charge in [0.05, 0.1) is 6.61 Å². The summed E-state index contributed by atoms with van der Waals surface area (Å²) in [5, 5.41) is 9.29. The molecule has 1 N–H and O–H groups in total. The number of hydrogen-bond acceptors (Lipinski definition) is 2. The van der Waals surface area contributed by atoms with Crippen LogP contribution in [-0.2, 0) is 18.6 Å². The Labute approximate surface area is 95.9 Å². The molecule has 0 spiro atoms. The molecule has 0 fully saturated rings.